The van der Waals surface area contributed by atoms with Crippen molar-refractivity contribution in [3.63, 3.8) is 0 Å². The molecule has 0 spiro atoms. The highest BCUT2D eigenvalue weighted by molar-refractivity contribution is 4.77. The number of hydrogen-bond acceptors (Lipinski definition) is 2. The van der Waals surface area contributed by atoms with Crippen molar-refractivity contribution in [1.82, 2.24) is 10.2 Å². The van der Waals surface area contributed by atoms with Gasteiger partial charge < -0.3 is 5.32 Å². The summed E-state index contributed by atoms with van der Waals surface area (Å²) < 4.78 is 0. The SMILES string of the molecule is CNC(C)CN1CCCC1C. The molecule has 1 fully saturated rings. The van der Waals surface area contributed by atoms with E-state index in [1.54, 1.807) is 0 Å². The maximum absolute atomic E-state index is 3.27. The van der Waals surface area contributed by atoms with Crippen LogP contribution in [0, 0.1) is 0 Å². The lowest BCUT2D eigenvalue weighted by Crippen LogP contribution is -2.39. The molecule has 2 unspecified atom stereocenters. The normalized spacial score (nSPS) is 29.2. The van der Waals surface area contributed by atoms with Crippen LogP contribution >= 0.6 is 0 Å². The van der Waals surface area contributed by atoms with Crippen LogP contribution in [0.3, 0.4) is 0 Å². The van der Waals surface area contributed by atoms with Crippen molar-refractivity contribution in [3.05, 3.63) is 0 Å². The van der Waals surface area contributed by atoms with Crippen molar-refractivity contribution in [2.75, 3.05) is 20.1 Å². The number of nitrogens with zero attached hydrogens (tertiary/aromatic N) is 1. The molecule has 0 aromatic rings. The van der Waals surface area contributed by atoms with Gasteiger partial charge in [-0.25, -0.2) is 0 Å². The fourth-order valence-electron chi connectivity index (χ4n) is 1.71. The summed E-state index contributed by atoms with van der Waals surface area (Å²) in [5, 5.41) is 3.27. The minimum absolute atomic E-state index is 0.635. The summed E-state index contributed by atoms with van der Waals surface area (Å²) in [6.07, 6.45) is 2.77. The summed E-state index contributed by atoms with van der Waals surface area (Å²) in [5.41, 5.74) is 0. The van der Waals surface area contributed by atoms with Gasteiger partial charge in [0.05, 0.1) is 0 Å². The highest BCUT2D eigenvalue weighted by atomic mass is 15.2. The highest BCUT2D eigenvalue weighted by Crippen LogP contribution is 2.15. The Kier molecular flexibility index (Phi) is 3.34. The van der Waals surface area contributed by atoms with E-state index in [4.69, 9.17) is 0 Å². The van der Waals surface area contributed by atoms with Crippen LogP contribution < -0.4 is 5.32 Å². The molecule has 2 nitrogen and oxygen atoms in total. The quantitative estimate of drug-likeness (QED) is 0.658. The Labute approximate surface area is 70.0 Å². The van der Waals surface area contributed by atoms with E-state index in [2.05, 4.69) is 24.1 Å². The Morgan fingerprint density at radius 2 is 2.36 bits per heavy atom. The maximum Gasteiger partial charge on any atom is 0.0163 e. The second-order valence-electron chi connectivity index (χ2n) is 3.68. The molecule has 2 heteroatoms. The summed E-state index contributed by atoms with van der Waals surface area (Å²) in [4.78, 5) is 2.57. The molecule has 1 N–H and O–H groups in total. The average molecular weight is 156 g/mol. The van der Waals surface area contributed by atoms with Crippen LogP contribution in [-0.4, -0.2) is 37.1 Å². The van der Waals surface area contributed by atoms with Gasteiger partial charge in [-0.15, -0.1) is 0 Å². The van der Waals surface area contributed by atoms with Gasteiger partial charge in [0.15, 0.2) is 0 Å². The van der Waals surface area contributed by atoms with Gasteiger partial charge in [0.25, 0.3) is 0 Å². The first-order chi connectivity index (χ1) is 5.24. The molecular formula is C9H20N2. The van der Waals surface area contributed by atoms with Crippen LogP contribution in [0.5, 0.6) is 0 Å². The summed E-state index contributed by atoms with van der Waals surface area (Å²) in [6.45, 7) is 7.07. The third-order valence-corrected chi connectivity index (χ3v) is 2.69. The zero-order valence-corrected chi connectivity index (χ0v) is 7.93. The molecule has 0 saturated carbocycles. The molecule has 0 aliphatic carbocycles. The molecule has 11 heavy (non-hydrogen) atoms. The summed E-state index contributed by atoms with van der Waals surface area (Å²) in [7, 11) is 2.03. The van der Waals surface area contributed by atoms with Crippen LogP contribution in [0.4, 0.5) is 0 Å². The zero-order chi connectivity index (χ0) is 8.27. The molecule has 0 amide bonds. The summed E-state index contributed by atoms with van der Waals surface area (Å²) in [5.74, 6) is 0. The van der Waals surface area contributed by atoms with E-state index >= 15 is 0 Å². The third kappa shape index (κ3) is 2.46. The van der Waals surface area contributed by atoms with Crippen molar-refractivity contribution in [2.24, 2.45) is 0 Å². The lowest BCUT2D eigenvalue weighted by atomic mass is 10.2. The van der Waals surface area contributed by atoms with Gasteiger partial charge in [-0.1, -0.05) is 0 Å². The van der Waals surface area contributed by atoms with Gasteiger partial charge in [0.2, 0.25) is 0 Å². The van der Waals surface area contributed by atoms with Gasteiger partial charge in [-0.2, -0.15) is 0 Å². The lowest BCUT2D eigenvalue weighted by molar-refractivity contribution is 0.246. The maximum atomic E-state index is 3.27. The first kappa shape index (κ1) is 9.01. The Morgan fingerprint density at radius 3 is 2.82 bits per heavy atom. The zero-order valence-electron chi connectivity index (χ0n) is 7.93. The van der Waals surface area contributed by atoms with E-state index in [0.717, 1.165) is 6.04 Å². The smallest absolute Gasteiger partial charge is 0.0163 e. The first-order valence-electron chi connectivity index (χ1n) is 4.65. The molecule has 0 aromatic heterocycles. The number of hydrogen-bond donors (Lipinski definition) is 1. The van der Waals surface area contributed by atoms with Crippen LogP contribution in [0.2, 0.25) is 0 Å². The molecular weight excluding hydrogens is 136 g/mol. The number of rotatable bonds is 3. The fourth-order valence-corrected chi connectivity index (χ4v) is 1.71. The molecule has 2 atom stereocenters. The van der Waals surface area contributed by atoms with Crippen LogP contribution in [-0.2, 0) is 0 Å². The molecule has 0 bridgehead atoms. The highest BCUT2D eigenvalue weighted by Gasteiger charge is 2.20. The third-order valence-electron chi connectivity index (χ3n) is 2.69. The van der Waals surface area contributed by atoms with Crippen molar-refractivity contribution >= 4 is 0 Å². The molecule has 0 aromatic carbocycles. The van der Waals surface area contributed by atoms with E-state index in [1.165, 1.54) is 25.9 Å². The molecule has 66 valence electrons. The summed E-state index contributed by atoms with van der Waals surface area (Å²) >= 11 is 0. The van der Waals surface area contributed by atoms with Gasteiger partial charge in [-0.3, -0.25) is 4.90 Å². The monoisotopic (exact) mass is 156 g/mol. The molecule has 1 saturated heterocycles. The van der Waals surface area contributed by atoms with E-state index in [9.17, 15) is 0 Å². The Hall–Kier alpha value is -0.0800. The average Bonchev–Trinajstić information content (AvgIpc) is 2.37. The second kappa shape index (κ2) is 4.07. The van der Waals surface area contributed by atoms with Crippen molar-refractivity contribution < 1.29 is 0 Å². The van der Waals surface area contributed by atoms with Gasteiger partial charge in [-0.05, 0) is 40.3 Å². The number of likely N-dealkylation sites (N-methyl/N-ethyl adjacent to an activating group) is 1. The predicted octanol–water partition coefficient (Wildman–Crippen LogP) is 1.08. The second-order valence-corrected chi connectivity index (χ2v) is 3.68. The van der Waals surface area contributed by atoms with Crippen LogP contribution in [0.25, 0.3) is 0 Å². The number of likely N-dealkylation sites (tertiary alicyclic amines) is 1. The van der Waals surface area contributed by atoms with E-state index in [-0.39, 0.29) is 0 Å². The molecule has 1 rings (SSSR count). The molecule has 1 aliphatic heterocycles. The molecule has 0 radical (unpaired) electrons. The van der Waals surface area contributed by atoms with Gasteiger partial charge in [0, 0.05) is 18.6 Å². The van der Waals surface area contributed by atoms with Gasteiger partial charge >= 0.3 is 0 Å². The Morgan fingerprint density at radius 1 is 1.64 bits per heavy atom. The fraction of sp³-hybridized carbons (Fsp3) is 1.00. The predicted molar refractivity (Wildman–Crippen MR) is 48.8 cm³/mol. The summed E-state index contributed by atoms with van der Waals surface area (Å²) in [6, 6.07) is 1.45. The number of nitrogens with one attached hydrogen (secondary N) is 1. The first-order valence-corrected chi connectivity index (χ1v) is 4.65. The van der Waals surface area contributed by atoms with E-state index in [1.807, 2.05) is 7.05 Å². The van der Waals surface area contributed by atoms with Gasteiger partial charge in [0.1, 0.15) is 0 Å². The molecule has 1 aliphatic rings. The van der Waals surface area contributed by atoms with Crippen molar-refractivity contribution in [1.29, 1.82) is 0 Å². The lowest BCUT2D eigenvalue weighted by Gasteiger charge is -2.24. The van der Waals surface area contributed by atoms with Crippen LogP contribution in [0.1, 0.15) is 26.7 Å². The Bertz CT molecular complexity index is 114. The van der Waals surface area contributed by atoms with Crippen molar-refractivity contribution in [2.45, 2.75) is 38.8 Å². The minimum Gasteiger partial charge on any atom is -0.316 e. The van der Waals surface area contributed by atoms with E-state index < -0.39 is 0 Å². The Balaban J connectivity index is 2.24. The minimum atomic E-state index is 0.635. The van der Waals surface area contributed by atoms with Crippen molar-refractivity contribution in [3.8, 4) is 0 Å². The largest absolute Gasteiger partial charge is 0.316 e. The van der Waals surface area contributed by atoms with E-state index in [0.29, 0.717) is 6.04 Å². The van der Waals surface area contributed by atoms with Crippen LogP contribution in [0.15, 0.2) is 0 Å². The molecule has 1 heterocycles. The standard InChI is InChI=1S/C9H20N2/c1-8(10-3)7-11-6-4-5-9(11)2/h8-10H,4-7H2,1-3H3. The topological polar surface area (TPSA) is 15.3 Å².